The minimum absolute atomic E-state index is 0.252. The van der Waals surface area contributed by atoms with Crippen LogP contribution in [0.5, 0.6) is 0 Å². The summed E-state index contributed by atoms with van der Waals surface area (Å²) in [5, 5.41) is 8.62. The van der Waals surface area contributed by atoms with Crippen molar-refractivity contribution in [1.82, 2.24) is 15.1 Å². The van der Waals surface area contributed by atoms with E-state index in [0.29, 0.717) is 33.7 Å². The Kier molecular flexibility index (Phi) is 4.33. The molecule has 5 aromatic rings. The second-order valence-electron chi connectivity index (χ2n) is 7.16. The van der Waals surface area contributed by atoms with Crippen molar-refractivity contribution in [2.45, 2.75) is 20.8 Å². The quantitative estimate of drug-likeness (QED) is 0.411. The van der Waals surface area contributed by atoms with Crippen LogP contribution in [0.1, 0.15) is 25.8 Å². The SMILES string of the molecule is Cc1cc(-c2cc(C(=O)Nc3cccc4cccnc34)c3c(C)noc3n2)c(C)s1. The first-order valence-electron chi connectivity index (χ1n) is 9.51. The Morgan fingerprint density at radius 2 is 1.93 bits per heavy atom. The highest BCUT2D eigenvalue weighted by Crippen LogP contribution is 2.33. The number of anilines is 1. The third kappa shape index (κ3) is 3.04. The zero-order chi connectivity index (χ0) is 20.8. The summed E-state index contributed by atoms with van der Waals surface area (Å²) in [6, 6.07) is 13.4. The van der Waals surface area contributed by atoms with Gasteiger partial charge in [0.15, 0.2) is 0 Å². The van der Waals surface area contributed by atoms with Crippen LogP contribution in [0.25, 0.3) is 33.3 Å². The van der Waals surface area contributed by atoms with Gasteiger partial charge in [-0.3, -0.25) is 9.78 Å². The Hall–Kier alpha value is -3.58. The number of amides is 1. The average Bonchev–Trinajstić information content (AvgIpc) is 3.29. The van der Waals surface area contributed by atoms with Crippen molar-refractivity contribution in [2.24, 2.45) is 0 Å². The van der Waals surface area contributed by atoms with Crippen LogP contribution in [0, 0.1) is 20.8 Å². The van der Waals surface area contributed by atoms with Crippen molar-refractivity contribution in [1.29, 1.82) is 0 Å². The van der Waals surface area contributed by atoms with Crippen molar-refractivity contribution in [2.75, 3.05) is 5.32 Å². The van der Waals surface area contributed by atoms with Gasteiger partial charge < -0.3 is 9.84 Å². The first-order valence-corrected chi connectivity index (χ1v) is 10.3. The number of carbonyl (C=O) groups is 1. The summed E-state index contributed by atoms with van der Waals surface area (Å²) in [5.41, 5.74) is 4.55. The highest BCUT2D eigenvalue weighted by atomic mass is 32.1. The molecule has 30 heavy (non-hydrogen) atoms. The molecule has 0 aliphatic heterocycles. The van der Waals surface area contributed by atoms with Crippen molar-refractivity contribution >= 4 is 44.9 Å². The van der Waals surface area contributed by atoms with Gasteiger partial charge in [0.2, 0.25) is 0 Å². The summed E-state index contributed by atoms with van der Waals surface area (Å²) in [5.74, 6) is -0.252. The first kappa shape index (κ1) is 18.4. The molecule has 0 bridgehead atoms. The van der Waals surface area contributed by atoms with Crippen LogP contribution < -0.4 is 5.32 Å². The average molecular weight is 414 g/mol. The predicted molar refractivity (Wildman–Crippen MR) is 119 cm³/mol. The fourth-order valence-corrected chi connectivity index (χ4v) is 4.62. The summed E-state index contributed by atoms with van der Waals surface area (Å²) in [7, 11) is 0. The zero-order valence-electron chi connectivity index (χ0n) is 16.7. The Morgan fingerprint density at radius 3 is 2.73 bits per heavy atom. The van der Waals surface area contributed by atoms with Gasteiger partial charge in [-0.15, -0.1) is 11.3 Å². The molecule has 1 amide bonds. The lowest BCUT2D eigenvalue weighted by Gasteiger charge is -2.10. The summed E-state index contributed by atoms with van der Waals surface area (Å²) in [4.78, 5) is 24.7. The van der Waals surface area contributed by atoms with Crippen LogP contribution in [-0.4, -0.2) is 21.0 Å². The minimum Gasteiger partial charge on any atom is -0.335 e. The van der Waals surface area contributed by atoms with E-state index in [1.807, 2.05) is 50.2 Å². The van der Waals surface area contributed by atoms with Crippen molar-refractivity contribution in [3.05, 3.63) is 69.7 Å². The molecule has 7 heteroatoms. The minimum atomic E-state index is -0.252. The Bertz CT molecular complexity index is 1430. The molecule has 0 saturated carbocycles. The van der Waals surface area contributed by atoms with E-state index in [9.17, 15) is 4.79 Å². The van der Waals surface area contributed by atoms with Crippen LogP contribution in [0.4, 0.5) is 5.69 Å². The van der Waals surface area contributed by atoms with E-state index in [0.717, 1.165) is 21.3 Å². The van der Waals surface area contributed by atoms with Gasteiger partial charge in [-0.25, -0.2) is 4.98 Å². The topological polar surface area (TPSA) is 80.9 Å². The molecule has 1 aromatic carbocycles. The van der Waals surface area contributed by atoms with Crippen molar-refractivity contribution in [3.8, 4) is 11.3 Å². The van der Waals surface area contributed by atoms with E-state index in [1.54, 1.807) is 17.5 Å². The Balaban J connectivity index is 1.64. The number of benzene rings is 1. The smallest absolute Gasteiger partial charge is 0.259 e. The van der Waals surface area contributed by atoms with E-state index < -0.39 is 0 Å². The molecule has 0 aliphatic carbocycles. The second kappa shape index (κ2) is 7.03. The van der Waals surface area contributed by atoms with Crippen LogP contribution >= 0.6 is 11.3 Å². The van der Waals surface area contributed by atoms with E-state index in [-0.39, 0.29) is 5.91 Å². The number of nitrogens with one attached hydrogen (secondary N) is 1. The lowest BCUT2D eigenvalue weighted by atomic mass is 10.1. The third-order valence-corrected chi connectivity index (χ3v) is 6.03. The number of hydrogen-bond acceptors (Lipinski definition) is 6. The lowest BCUT2D eigenvalue weighted by Crippen LogP contribution is -2.13. The molecule has 0 saturated heterocycles. The number of carbonyl (C=O) groups excluding carboxylic acids is 1. The van der Waals surface area contributed by atoms with Crippen molar-refractivity contribution < 1.29 is 9.32 Å². The molecular weight excluding hydrogens is 396 g/mol. The molecule has 0 radical (unpaired) electrons. The van der Waals surface area contributed by atoms with Gasteiger partial charge in [0.05, 0.1) is 33.5 Å². The van der Waals surface area contributed by atoms with Crippen LogP contribution in [0.2, 0.25) is 0 Å². The molecule has 0 fully saturated rings. The van der Waals surface area contributed by atoms with E-state index in [4.69, 9.17) is 4.52 Å². The fourth-order valence-electron chi connectivity index (χ4n) is 3.69. The number of rotatable bonds is 3. The molecule has 0 spiro atoms. The molecule has 5 rings (SSSR count). The number of para-hydroxylation sites is 1. The number of thiophene rings is 1. The summed E-state index contributed by atoms with van der Waals surface area (Å²) < 4.78 is 5.42. The van der Waals surface area contributed by atoms with Crippen LogP contribution in [-0.2, 0) is 0 Å². The molecule has 4 aromatic heterocycles. The molecule has 6 nitrogen and oxygen atoms in total. The number of fused-ring (bicyclic) bond motifs is 2. The number of aromatic nitrogens is 3. The number of hydrogen-bond donors (Lipinski definition) is 1. The maximum atomic E-state index is 13.4. The van der Waals surface area contributed by atoms with Crippen molar-refractivity contribution in [3.63, 3.8) is 0 Å². The van der Waals surface area contributed by atoms with Gasteiger partial charge in [-0.2, -0.15) is 0 Å². The van der Waals surface area contributed by atoms with Crippen LogP contribution in [0.15, 0.2) is 53.2 Å². The monoisotopic (exact) mass is 414 g/mol. The summed E-state index contributed by atoms with van der Waals surface area (Å²) >= 11 is 1.70. The highest BCUT2D eigenvalue weighted by Gasteiger charge is 2.21. The molecule has 148 valence electrons. The van der Waals surface area contributed by atoms with Gasteiger partial charge in [-0.05, 0) is 45.0 Å². The maximum absolute atomic E-state index is 13.4. The predicted octanol–water partition coefficient (Wildman–Crippen LogP) is 5.68. The van der Waals surface area contributed by atoms with Gasteiger partial charge in [0, 0.05) is 26.9 Å². The molecule has 0 aliphatic rings. The number of pyridine rings is 2. The van der Waals surface area contributed by atoms with Gasteiger partial charge in [-0.1, -0.05) is 23.4 Å². The fraction of sp³-hybridized carbons (Fsp3) is 0.130. The van der Waals surface area contributed by atoms with Gasteiger partial charge >= 0.3 is 0 Å². The van der Waals surface area contributed by atoms with Crippen LogP contribution in [0.3, 0.4) is 0 Å². The zero-order valence-corrected chi connectivity index (χ0v) is 17.5. The normalized spacial score (nSPS) is 11.3. The molecular formula is C23H18N4O2S. The first-order chi connectivity index (χ1) is 14.5. The van der Waals surface area contributed by atoms with E-state index in [1.165, 1.54) is 4.88 Å². The second-order valence-corrected chi connectivity index (χ2v) is 8.63. The molecule has 4 heterocycles. The Morgan fingerprint density at radius 1 is 1.10 bits per heavy atom. The molecule has 0 atom stereocenters. The number of nitrogens with zero attached hydrogens (tertiary/aromatic N) is 3. The Labute approximate surface area is 176 Å². The largest absolute Gasteiger partial charge is 0.335 e. The highest BCUT2D eigenvalue weighted by molar-refractivity contribution is 7.12. The molecule has 0 unspecified atom stereocenters. The standard InChI is InChI=1S/C23H18N4O2S/c1-12-10-16(14(3)30-12)19-11-17(20-13(2)27-29-23(20)26-19)22(28)25-18-8-4-6-15-7-5-9-24-21(15)18/h4-11H,1-3H3,(H,25,28). The lowest BCUT2D eigenvalue weighted by molar-refractivity contribution is 0.102. The summed E-state index contributed by atoms with van der Waals surface area (Å²) in [6.45, 7) is 5.91. The third-order valence-electron chi connectivity index (χ3n) is 5.06. The maximum Gasteiger partial charge on any atom is 0.259 e. The van der Waals surface area contributed by atoms with Gasteiger partial charge in [0.1, 0.15) is 0 Å². The molecule has 1 N–H and O–H groups in total. The number of aryl methyl sites for hydroxylation is 3. The van der Waals surface area contributed by atoms with E-state index >= 15 is 0 Å². The summed E-state index contributed by atoms with van der Waals surface area (Å²) in [6.07, 6.45) is 1.71. The van der Waals surface area contributed by atoms with E-state index in [2.05, 4.69) is 33.4 Å². The van der Waals surface area contributed by atoms with Gasteiger partial charge in [0.25, 0.3) is 11.6 Å².